The predicted molar refractivity (Wildman–Crippen MR) is 71.5 cm³/mol. The van der Waals surface area contributed by atoms with Crippen LogP contribution in [0.3, 0.4) is 0 Å². The van der Waals surface area contributed by atoms with Crippen LogP contribution in [0.4, 0.5) is 0 Å². The summed E-state index contributed by atoms with van der Waals surface area (Å²) in [6, 6.07) is 8.07. The van der Waals surface area contributed by atoms with Gasteiger partial charge in [-0.1, -0.05) is 12.1 Å². The van der Waals surface area contributed by atoms with Crippen molar-refractivity contribution in [3.63, 3.8) is 0 Å². The third-order valence-corrected chi connectivity index (χ3v) is 3.41. The first-order valence-electron chi connectivity index (χ1n) is 6.75. The normalized spacial score (nSPS) is 21.1. The first kappa shape index (κ1) is 13.9. The van der Waals surface area contributed by atoms with E-state index in [1.807, 2.05) is 19.1 Å². The van der Waals surface area contributed by atoms with E-state index in [1.165, 1.54) is 5.56 Å². The van der Waals surface area contributed by atoms with E-state index in [2.05, 4.69) is 12.1 Å². The standard InChI is InChI=1S/C15H20O4/c1-2-18-13-8-6-12(7-9-13)5-3-4-10-15(11-19-15)14(16)17/h6-9H,2-5,10-11H2,1H3,(H,16,17). The molecule has 1 aliphatic heterocycles. The first-order chi connectivity index (χ1) is 9.16. The summed E-state index contributed by atoms with van der Waals surface area (Å²) in [4.78, 5) is 10.9. The van der Waals surface area contributed by atoms with E-state index in [0.717, 1.165) is 25.0 Å². The van der Waals surface area contributed by atoms with E-state index in [1.54, 1.807) is 0 Å². The van der Waals surface area contributed by atoms with Crippen LogP contribution in [0.25, 0.3) is 0 Å². The molecule has 0 bridgehead atoms. The zero-order valence-electron chi connectivity index (χ0n) is 11.2. The van der Waals surface area contributed by atoms with E-state index in [4.69, 9.17) is 14.6 Å². The molecule has 1 aromatic carbocycles. The Bertz CT molecular complexity index is 420. The molecule has 0 saturated carbocycles. The Morgan fingerprint density at radius 3 is 2.58 bits per heavy atom. The van der Waals surface area contributed by atoms with Crippen LogP contribution in [-0.4, -0.2) is 29.9 Å². The van der Waals surface area contributed by atoms with Crippen molar-refractivity contribution in [1.82, 2.24) is 0 Å². The van der Waals surface area contributed by atoms with Crippen molar-refractivity contribution in [1.29, 1.82) is 0 Å². The van der Waals surface area contributed by atoms with E-state index in [-0.39, 0.29) is 0 Å². The molecule has 104 valence electrons. The molecule has 0 aliphatic carbocycles. The van der Waals surface area contributed by atoms with Crippen molar-refractivity contribution >= 4 is 5.97 Å². The molecule has 0 spiro atoms. The molecule has 1 aliphatic rings. The van der Waals surface area contributed by atoms with Gasteiger partial charge in [-0.05, 0) is 50.3 Å². The predicted octanol–water partition coefficient (Wildman–Crippen LogP) is 2.65. The Hall–Kier alpha value is -1.55. The van der Waals surface area contributed by atoms with Gasteiger partial charge >= 0.3 is 5.97 Å². The van der Waals surface area contributed by atoms with Crippen molar-refractivity contribution < 1.29 is 19.4 Å². The number of epoxide rings is 1. The molecule has 4 heteroatoms. The Morgan fingerprint density at radius 2 is 2.05 bits per heavy atom. The number of hydrogen-bond acceptors (Lipinski definition) is 3. The van der Waals surface area contributed by atoms with Crippen molar-refractivity contribution in [3.8, 4) is 5.75 Å². The highest BCUT2D eigenvalue weighted by Crippen LogP contribution is 2.33. The molecule has 0 aromatic heterocycles. The number of carboxylic acids is 1. The van der Waals surface area contributed by atoms with E-state index in [0.29, 0.717) is 19.6 Å². The molecule has 0 radical (unpaired) electrons. The van der Waals surface area contributed by atoms with Crippen LogP contribution < -0.4 is 4.74 Å². The molecule has 4 nitrogen and oxygen atoms in total. The summed E-state index contributed by atoms with van der Waals surface area (Å²) in [5, 5.41) is 8.96. The van der Waals surface area contributed by atoms with Crippen LogP contribution in [0, 0.1) is 0 Å². The van der Waals surface area contributed by atoms with Crippen LogP contribution in [0.5, 0.6) is 5.75 Å². The number of aliphatic carboxylic acids is 1. The summed E-state index contributed by atoms with van der Waals surface area (Å²) in [6.45, 7) is 3.01. The number of ether oxygens (including phenoxy) is 2. The molecular formula is C15H20O4. The molecule has 1 atom stereocenters. The van der Waals surface area contributed by atoms with Crippen LogP contribution >= 0.6 is 0 Å². The van der Waals surface area contributed by atoms with E-state index < -0.39 is 11.6 Å². The van der Waals surface area contributed by atoms with Gasteiger partial charge in [-0.25, -0.2) is 4.79 Å². The van der Waals surface area contributed by atoms with Crippen molar-refractivity contribution in [3.05, 3.63) is 29.8 Å². The Balaban J connectivity index is 1.69. The van der Waals surface area contributed by atoms with Crippen LogP contribution in [0.2, 0.25) is 0 Å². The minimum absolute atomic E-state index is 0.366. The van der Waals surface area contributed by atoms with Gasteiger partial charge in [0.05, 0.1) is 13.2 Å². The average molecular weight is 264 g/mol. The molecular weight excluding hydrogens is 244 g/mol. The third kappa shape index (κ3) is 3.70. The van der Waals surface area contributed by atoms with Gasteiger partial charge in [0.2, 0.25) is 0 Å². The van der Waals surface area contributed by atoms with Gasteiger partial charge in [0.1, 0.15) is 5.75 Å². The molecule has 1 aromatic rings. The highest BCUT2D eigenvalue weighted by atomic mass is 16.6. The fraction of sp³-hybridized carbons (Fsp3) is 0.533. The summed E-state index contributed by atoms with van der Waals surface area (Å²) >= 11 is 0. The monoisotopic (exact) mass is 264 g/mol. The lowest BCUT2D eigenvalue weighted by molar-refractivity contribution is -0.143. The molecule has 1 fully saturated rings. The van der Waals surface area contributed by atoms with Crippen molar-refractivity contribution in [2.45, 2.75) is 38.2 Å². The summed E-state index contributed by atoms with van der Waals surface area (Å²) in [7, 11) is 0. The number of rotatable bonds is 8. The smallest absolute Gasteiger partial charge is 0.338 e. The second-order valence-corrected chi connectivity index (χ2v) is 4.87. The Labute approximate surface area is 113 Å². The number of hydrogen-bond donors (Lipinski definition) is 1. The van der Waals surface area contributed by atoms with Crippen LogP contribution in [0.1, 0.15) is 31.7 Å². The fourth-order valence-electron chi connectivity index (χ4n) is 2.12. The lowest BCUT2D eigenvalue weighted by Crippen LogP contribution is -2.23. The number of carbonyl (C=O) groups is 1. The van der Waals surface area contributed by atoms with Gasteiger partial charge in [-0.3, -0.25) is 0 Å². The number of aryl methyl sites for hydroxylation is 1. The number of unbranched alkanes of at least 4 members (excludes halogenated alkanes) is 1. The highest BCUT2D eigenvalue weighted by molar-refractivity contribution is 5.80. The molecule has 2 rings (SSSR count). The van der Waals surface area contributed by atoms with Crippen LogP contribution in [-0.2, 0) is 16.0 Å². The third-order valence-electron chi connectivity index (χ3n) is 3.41. The van der Waals surface area contributed by atoms with Crippen molar-refractivity contribution in [2.24, 2.45) is 0 Å². The lowest BCUT2D eigenvalue weighted by atomic mass is 10.0. The van der Waals surface area contributed by atoms with Gasteiger partial charge in [-0.15, -0.1) is 0 Å². The summed E-state index contributed by atoms with van der Waals surface area (Å²) in [5.74, 6) is 0.0658. The molecule has 19 heavy (non-hydrogen) atoms. The van der Waals surface area contributed by atoms with Gasteiger partial charge in [0, 0.05) is 0 Å². The first-order valence-corrected chi connectivity index (χ1v) is 6.75. The van der Waals surface area contributed by atoms with Gasteiger partial charge < -0.3 is 14.6 Å². The molecule has 1 heterocycles. The highest BCUT2D eigenvalue weighted by Gasteiger charge is 2.51. The van der Waals surface area contributed by atoms with Crippen molar-refractivity contribution in [2.75, 3.05) is 13.2 Å². The minimum atomic E-state index is -0.862. The summed E-state index contributed by atoms with van der Waals surface area (Å²) in [6.07, 6.45) is 3.42. The summed E-state index contributed by atoms with van der Waals surface area (Å²) < 4.78 is 10.4. The molecule has 1 unspecified atom stereocenters. The minimum Gasteiger partial charge on any atom is -0.494 e. The van der Waals surface area contributed by atoms with Gasteiger partial charge in [0.15, 0.2) is 5.60 Å². The number of benzene rings is 1. The Kier molecular flexibility index (Phi) is 4.43. The average Bonchev–Trinajstić information content (AvgIpc) is 3.18. The maximum Gasteiger partial charge on any atom is 0.338 e. The second-order valence-electron chi connectivity index (χ2n) is 4.87. The molecule has 1 N–H and O–H groups in total. The molecule has 1 saturated heterocycles. The zero-order chi connectivity index (χ0) is 13.7. The fourth-order valence-corrected chi connectivity index (χ4v) is 2.12. The van der Waals surface area contributed by atoms with Gasteiger partial charge in [0.25, 0.3) is 0 Å². The maximum absolute atomic E-state index is 10.9. The second kappa shape index (κ2) is 6.06. The van der Waals surface area contributed by atoms with E-state index >= 15 is 0 Å². The van der Waals surface area contributed by atoms with Gasteiger partial charge in [-0.2, -0.15) is 0 Å². The van der Waals surface area contributed by atoms with Crippen LogP contribution in [0.15, 0.2) is 24.3 Å². The SMILES string of the molecule is CCOc1ccc(CCCCC2(C(=O)O)CO2)cc1. The zero-order valence-corrected chi connectivity index (χ0v) is 11.2. The Morgan fingerprint density at radius 1 is 1.37 bits per heavy atom. The maximum atomic E-state index is 10.9. The largest absolute Gasteiger partial charge is 0.494 e. The lowest BCUT2D eigenvalue weighted by Gasteiger charge is -2.07. The number of carboxylic acid groups (broad SMARTS) is 1. The molecule has 0 amide bonds. The van der Waals surface area contributed by atoms with E-state index in [9.17, 15) is 4.79 Å². The quantitative estimate of drug-likeness (QED) is 0.579. The topological polar surface area (TPSA) is 59.1 Å². The summed E-state index contributed by atoms with van der Waals surface area (Å²) in [5.41, 5.74) is 0.392.